The van der Waals surface area contributed by atoms with Crippen LogP contribution in [0.25, 0.3) is 0 Å². The van der Waals surface area contributed by atoms with Crippen LogP contribution in [0.1, 0.15) is 56.8 Å². The molecule has 0 fully saturated rings. The highest BCUT2D eigenvalue weighted by Gasteiger charge is 2.23. The summed E-state index contributed by atoms with van der Waals surface area (Å²) in [5.41, 5.74) is -0.467. The number of nitrogens with zero attached hydrogens (tertiary/aromatic N) is 1. The normalized spacial score (nSPS) is 13.1. The molecular weight excluding hydrogens is 395 g/mol. The van der Waals surface area contributed by atoms with E-state index in [2.05, 4.69) is 13.8 Å². The number of carbonyl (C=O) groups excluding carboxylic acids is 1. The number of hydrogen-bond donors (Lipinski definition) is 1. The molecule has 1 unspecified atom stereocenters. The summed E-state index contributed by atoms with van der Waals surface area (Å²) >= 11 is 6.13. The lowest BCUT2D eigenvalue weighted by atomic mass is 10.0. The van der Waals surface area contributed by atoms with E-state index in [9.17, 15) is 17.6 Å². The lowest BCUT2D eigenvalue weighted by Crippen LogP contribution is -2.39. The molecule has 1 aromatic rings. The van der Waals surface area contributed by atoms with Gasteiger partial charge in [0.25, 0.3) is 5.91 Å². The van der Waals surface area contributed by atoms with Gasteiger partial charge in [0.2, 0.25) is 0 Å². The lowest BCUT2D eigenvalue weighted by molar-refractivity contribution is 0.0975. The zero-order valence-corrected chi connectivity index (χ0v) is 18.0. The average molecular weight is 423 g/mol. The van der Waals surface area contributed by atoms with Gasteiger partial charge >= 0.3 is 10.2 Å². The first-order valence-corrected chi connectivity index (χ1v) is 10.7. The molecule has 0 radical (unpaired) electrons. The van der Waals surface area contributed by atoms with E-state index in [1.165, 1.54) is 14.1 Å². The number of nitrogens with one attached hydrogen (secondary N) is 1. The van der Waals surface area contributed by atoms with Gasteiger partial charge in [-0.25, -0.2) is 9.11 Å². The number of amides is 1. The third-order valence-electron chi connectivity index (χ3n) is 4.03. The Labute approximate surface area is 166 Å². The minimum absolute atomic E-state index is 0.0473. The number of rotatable bonds is 10. The van der Waals surface area contributed by atoms with Gasteiger partial charge in [-0.15, -0.1) is 0 Å². The van der Waals surface area contributed by atoms with Crippen molar-refractivity contribution in [2.45, 2.75) is 52.6 Å². The second kappa shape index (κ2) is 10.2. The summed E-state index contributed by atoms with van der Waals surface area (Å²) in [7, 11) is -1.53. The molecule has 0 aromatic heterocycles. The zero-order chi connectivity index (χ0) is 20.8. The van der Waals surface area contributed by atoms with Gasteiger partial charge in [-0.1, -0.05) is 38.8 Å². The predicted octanol–water partition coefficient (Wildman–Crippen LogP) is 4.00. The molecule has 0 bridgehead atoms. The standard InChI is InChI=1S/C18H28ClFN2O4S/c1-6-13(9-7-8-12(2)3)26-17-11-16(20)14(10-15(17)19)18(23)21-27(24,25)22(4)5/h10-13H,6-9H2,1-5H3,(H,21,23). The van der Waals surface area contributed by atoms with Gasteiger partial charge in [-0.05, 0) is 31.2 Å². The Morgan fingerprint density at radius 2 is 1.93 bits per heavy atom. The van der Waals surface area contributed by atoms with Crippen molar-refractivity contribution in [2.75, 3.05) is 14.1 Å². The Morgan fingerprint density at radius 1 is 1.30 bits per heavy atom. The summed E-state index contributed by atoms with van der Waals surface area (Å²) in [6, 6.07) is 2.10. The van der Waals surface area contributed by atoms with E-state index in [4.69, 9.17) is 16.3 Å². The molecule has 0 aliphatic rings. The van der Waals surface area contributed by atoms with E-state index in [1.54, 1.807) is 4.72 Å². The monoisotopic (exact) mass is 422 g/mol. The molecule has 1 aromatic carbocycles. The molecule has 0 aliphatic heterocycles. The summed E-state index contributed by atoms with van der Waals surface area (Å²) < 4.78 is 46.2. The van der Waals surface area contributed by atoms with Crippen LogP contribution in [0, 0.1) is 11.7 Å². The molecule has 0 saturated heterocycles. The molecule has 1 rings (SSSR count). The Kier molecular flexibility index (Phi) is 8.98. The molecule has 0 saturated carbocycles. The third-order valence-corrected chi connectivity index (χ3v) is 5.73. The molecule has 154 valence electrons. The van der Waals surface area contributed by atoms with Crippen molar-refractivity contribution in [3.05, 3.63) is 28.5 Å². The fourth-order valence-electron chi connectivity index (χ4n) is 2.34. The number of ether oxygens (including phenoxy) is 1. The van der Waals surface area contributed by atoms with Crippen molar-refractivity contribution < 1.29 is 22.3 Å². The first-order chi connectivity index (χ1) is 12.5. The molecule has 6 nitrogen and oxygen atoms in total. The van der Waals surface area contributed by atoms with Gasteiger partial charge in [0.1, 0.15) is 11.6 Å². The lowest BCUT2D eigenvalue weighted by Gasteiger charge is -2.19. The zero-order valence-electron chi connectivity index (χ0n) is 16.4. The Morgan fingerprint density at radius 3 is 2.44 bits per heavy atom. The molecule has 9 heteroatoms. The van der Waals surface area contributed by atoms with E-state index in [0.29, 0.717) is 5.92 Å². The van der Waals surface area contributed by atoms with Crippen molar-refractivity contribution in [2.24, 2.45) is 5.92 Å². The Balaban J connectivity index is 2.92. The molecule has 1 amide bonds. The van der Waals surface area contributed by atoms with Crippen LogP contribution >= 0.6 is 11.6 Å². The van der Waals surface area contributed by atoms with Crippen LogP contribution in [0.5, 0.6) is 5.75 Å². The van der Waals surface area contributed by atoms with Gasteiger partial charge in [0, 0.05) is 20.2 Å². The highest BCUT2D eigenvalue weighted by Crippen LogP contribution is 2.30. The Hall–Kier alpha value is -1.38. The van der Waals surface area contributed by atoms with Crippen LogP contribution in [0.15, 0.2) is 12.1 Å². The Bertz CT molecular complexity index is 754. The van der Waals surface area contributed by atoms with Crippen LogP contribution < -0.4 is 9.46 Å². The largest absolute Gasteiger partial charge is 0.489 e. The fourth-order valence-corrected chi connectivity index (χ4v) is 3.07. The molecule has 0 spiro atoms. The first-order valence-electron chi connectivity index (χ1n) is 8.88. The quantitative estimate of drug-likeness (QED) is 0.618. The van der Waals surface area contributed by atoms with Gasteiger partial charge in [0.15, 0.2) is 0 Å². The number of benzene rings is 1. The van der Waals surface area contributed by atoms with Gasteiger partial charge in [-0.2, -0.15) is 12.7 Å². The van der Waals surface area contributed by atoms with Gasteiger partial charge in [0.05, 0.1) is 16.7 Å². The van der Waals surface area contributed by atoms with Gasteiger partial charge in [-0.3, -0.25) is 4.79 Å². The summed E-state index contributed by atoms with van der Waals surface area (Å²) in [6.07, 6.45) is 3.49. The SMILES string of the molecule is CCC(CCCC(C)C)Oc1cc(F)c(C(=O)NS(=O)(=O)N(C)C)cc1Cl. The van der Waals surface area contributed by atoms with Crippen molar-refractivity contribution >= 4 is 27.7 Å². The minimum atomic E-state index is -4.03. The molecular formula is C18H28ClFN2O4S. The maximum absolute atomic E-state index is 14.4. The predicted molar refractivity (Wildman–Crippen MR) is 105 cm³/mol. The molecule has 27 heavy (non-hydrogen) atoms. The fraction of sp³-hybridized carbons (Fsp3) is 0.611. The van der Waals surface area contributed by atoms with Crippen molar-refractivity contribution in [3.63, 3.8) is 0 Å². The maximum atomic E-state index is 14.4. The minimum Gasteiger partial charge on any atom is -0.489 e. The number of halogens is 2. The van der Waals surface area contributed by atoms with E-state index in [0.717, 1.165) is 42.1 Å². The van der Waals surface area contributed by atoms with Crippen molar-refractivity contribution in [1.82, 2.24) is 9.03 Å². The summed E-state index contributed by atoms with van der Waals surface area (Å²) in [6.45, 7) is 6.26. The highest BCUT2D eigenvalue weighted by molar-refractivity contribution is 7.87. The molecule has 0 aliphatic carbocycles. The van der Waals surface area contributed by atoms with Crippen LogP contribution in [-0.2, 0) is 10.2 Å². The summed E-state index contributed by atoms with van der Waals surface area (Å²) in [5, 5.41) is 0.0473. The second-order valence-electron chi connectivity index (χ2n) is 6.95. The molecule has 1 atom stereocenters. The van der Waals surface area contributed by atoms with E-state index in [1.807, 2.05) is 6.92 Å². The van der Waals surface area contributed by atoms with E-state index in [-0.39, 0.29) is 16.9 Å². The average Bonchev–Trinajstić information content (AvgIpc) is 2.55. The smallest absolute Gasteiger partial charge is 0.303 e. The topological polar surface area (TPSA) is 75.7 Å². The first kappa shape index (κ1) is 23.7. The third kappa shape index (κ3) is 7.27. The van der Waals surface area contributed by atoms with Crippen molar-refractivity contribution in [3.8, 4) is 5.75 Å². The molecule has 1 N–H and O–H groups in total. The molecule has 0 heterocycles. The summed E-state index contributed by atoms with van der Waals surface area (Å²) in [5.74, 6) is -1.27. The number of carbonyl (C=O) groups is 1. The van der Waals surface area contributed by atoms with Crippen LogP contribution in [0.2, 0.25) is 5.02 Å². The van der Waals surface area contributed by atoms with Crippen molar-refractivity contribution in [1.29, 1.82) is 0 Å². The van der Waals surface area contributed by atoms with E-state index >= 15 is 0 Å². The summed E-state index contributed by atoms with van der Waals surface area (Å²) in [4.78, 5) is 12.1. The second-order valence-corrected chi connectivity index (χ2v) is 9.25. The van der Waals surface area contributed by atoms with Gasteiger partial charge < -0.3 is 4.74 Å². The maximum Gasteiger partial charge on any atom is 0.303 e. The number of hydrogen-bond acceptors (Lipinski definition) is 4. The van der Waals surface area contributed by atoms with Crippen LogP contribution in [0.4, 0.5) is 4.39 Å². The van der Waals surface area contributed by atoms with Crippen LogP contribution in [0.3, 0.4) is 0 Å². The van der Waals surface area contributed by atoms with E-state index < -0.39 is 27.5 Å². The van der Waals surface area contributed by atoms with Crippen LogP contribution in [-0.4, -0.2) is 38.8 Å². The highest BCUT2D eigenvalue weighted by atomic mass is 35.5.